The fraction of sp³-hybridized carbons (Fsp3) is 0.500. The molecule has 0 aliphatic heterocycles. The first-order valence-electron chi connectivity index (χ1n) is 10.2. The number of H-pyrrole nitrogens is 1. The van der Waals surface area contributed by atoms with Crippen molar-refractivity contribution >= 4 is 35.3 Å². The molecular weight excluding hydrogens is 438 g/mol. The van der Waals surface area contributed by atoms with Crippen LogP contribution >= 0.6 is 11.6 Å². The minimum Gasteiger partial charge on any atom is -0.444 e. The molecule has 0 radical (unpaired) electrons. The Balaban J connectivity index is 1.66. The number of hydrogen-bond donors (Lipinski definition) is 4. The molecular formula is C20H26ClN7O4. The van der Waals surface area contributed by atoms with Crippen molar-refractivity contribution in [1.29, 1.82) is 0 Å². The number of rotatable bonds is 4. The SMILES string of the molecule is CC(C)(C)OC(=O)N[C@@H]1C[C@@H](c2ncn[nH]2)CC[C@@H]1NC(=O)C(=O)Nc1ccc(Cl)cn1. The van der Waals surface area contributed by atoms with Crippen LogP contribution in [0.5, 0.6) is 0 Å². The van der Waals surface area contributed by atoms with Gasteiger partial charge in [0.25, 0.3) is 0 Å². The first kappa shape index (κ1) is 23.5. The van der Waals surface area contributed by atoms with E-state index in [1.165, 1.54) is 18.6 Å². The fourth-order valence-corrected chi connectivity index (χ4v) is 3.59. The topological polar surface area (TPSA) is 151 Å². The van der Waals surface area contributed by atoms with Crippen molar-refractivity contribution in [2.24, 2.45) is 0 Å². The van der Waals surface area contributed by atoms with Crippen molar-refractivity contribution in [3.63, 3.8) is 0 Å². The molecule has 3 amide bonds. The summed E-state index contributed by atoms with van der Waals surface area (Å²) in [5, 5.41) is 15.1. The maximum Gasteiger partial charge on any atom is 0.407 e. The van der Waals surface area contributed by atoms with Crippen molar-refractivity contribution in [1.82, 2.24) is 30.8 Å². The van der Waals surface area contributed by atoms with E-state index in [9.17, 15) is 14.4 Å². The van der Waals surface area contributed by atoms with Crippen molar-refractivity contribution in [3.8, 4) is 0 Å². The summed E-state index contributed by atoms with van der Waals surface area (Å²) < 4.78 is 5.36. The molecule has 2 heterocycles. The number of nitrogens with zero attached hydrogens (tertiary/aromatic N) is 3. The van der Waals surface area contributed by atoms with Gasteiger partial charge in [-0.2, -0.15) is 5.10 Å². The van der Waals surface area contributed by atoms with Crippen LogP contribution in [0.25, 0.3) is 0 Å². The van der Waals surface area contributed by atoms with Gasteiger partial charge < -0.3 is 20.7 Å². The van der Waals surface area contributed by atoms with Crippen LogP contribution in [0, 0.1) is 0 Å². The molecule has 1 fully saturated rings. The highest BCUT2D eigenvalue weighted by molar-refractivity contribution is 6.39. The van der Waals surface area contributed by atoms with Gasteiger partial charge in [-0.05, 0) is 52.2 Å². The molecule has 1 aliphatic rings. The Morgan fingerprint density at radius 3 is 2.50 bits per heavy atom. The Morgan fingerprint density at radius 2 is 1.88 bits per heavy atom. The standard InChI is InChI=1S/C20H26ClN7O4/c1-20(2,3)32-19(31)26-14-8-11(16-23-10-24-28-16)4-6-13(14)25-17(29)18(30)27-15-7-5-12(21)9-22-15/h5,7,9-11,13-14H,4,6,8H2,1-3H3,(H,25,29)(H,26,31)(H,22,27,30)(H,23,24,28)/t11-,13-,14+/m0/s1. The van der Waals surface area contributed by atoms with Crippen LogP contribution in [0.2, 0.25) is 5.02 Å². The zero-order chi connectivity index (χ0) is 23.3. The Hall–Kier alpha value is -3.21. The van der Waals surface area contributed by atoms with Crippen LogP contribution < -0.4 is 16.0 Å². The lowest BCUT2D eigenvalue weighted by Crippen LogP contribution is -2.56. The van der Waals surface area contributed by atoms with Gasteiger partial charge in [0, 0.05) is 18.2 Å². The molecule has 0 spiro atoms. The lowest BCUT2D eigenvalue weighted by molar-refractivity contribution is -0.136. The third-order valence-corrected chi connectivity index (χ3v) is 5.09. The highest BCUT2D eigenvalue weighted by atomic mass is 35.5. The monoisotopic (exact) mass is 463 g/mol. The fourth-order valence-electron chi connectivity index (χ4n) is 3.48. The maximum absolute atomic E-state index is 12.5. The second-order valence-electron chi connectivity index (χ2n) is 8.53. The van der Waals surface area contributed by atoms with E-state index in [1.807, 2.05) is 0 Å². The number of hydrogen-bond acceptors (Lipinski definition) is 7. The van der Waals surface area contributed by atoms with Crippen LogP contribution in [-0.4, -0.2) is 55.8 Å². The van der Waals surface area contributed by atoms with Crippen molar-refractivity contribution in [2.45, 2.75) is 63.6 Å². The van der Waals surface area contributed by atoms with Crippen LogP contribution in [0.15, 0.2) is 24.7 Å². The summed E-state index contributed by atoms with van der Waals surface area (Å²) in [5.74, 6) is -0.781. The summed E-state index contributed by atoms with van der Waals surface area (Å²) in [7, 11) is 0. The number of amides is 3. The molecule has 3 rings (SSSR count). The largest absolute Gasteiger partial charge is 0.444 e. The van der Waals surface area contributed by atoms with Crippen molar-refractivity contribution in [2.75, 3.05) is 5.32 Å². The third kappa shape index (κ3) is 6.64. The van der Waals surface area contributed by atoms with Crippen LogP contribution in [0.4, 0.5) is 10.6 Å². The number of halogens is 1. The summed E-state index contributed by atoms with van der Waals surface area (Å²) in [6.07, 6.45) is 3.88. The number of ether oxygens (including phenoxy) is 1. The second kappa shape index (κ2) is 9.94. The molecule has 0 bridgehead atoms. The Bertz CT molecular complexity index is 944. The van der Waals surface area contributed by atoms with Crippen LogP contribution in [-0.2, 0) is 14.3 Å². The molecule has 1 saturated carbocycles. The maximum atomic E-state index is 12.5. The Morgan fingerprint density at radius 1 is 1.09 bits per heavy atom. The number of anilines is 1. The van der Waals surface area contributed by atoms with E-state index < -0.39 is 35.6 Å². The summed E-state index contributed by atoms with van der Waals surface area (Å²) in [5.41, 5.74) is -0.673. The van der Waals surface area contributed by atoms with Gasteiger partial charge in [-0.1, -0.05) is 11.6 Å². The molecule has 2 aromatic heterocycles. The first-order chi connectivity index (χ1) is 15.1. The van der Waals surface area contributed by atoms with Gasteiger partial charge in [0.2, 0.25) is 0 Å². The number of pyridine rings is 1. The molecule has 172 valence electrons. The number of aromatic nitrogens is 4. The molecule has 2 aromatic rings. The van der Waals surface area contributed by atoms with E-state index >= 15 is 0 Å². The minimum absolute atomic E-state index is 0.0117. The van der Waals surface area contributed by atoms with Gasteiger partial charge in [0.05, 0.1) is 11.1 Å². The van der Waals surface area contributed by atoms with E-state index in [0.717, 1.165) is 0 Å². The molecule has 11 nitrogen and oxygen atoms in total. The molecule has 32 heavy (non-hydrogen) atoms. The highest BCUT2D eigenvalue weighted by Crippen LogP contribution is 2.31. The highest BCUT2D eigenvalue weighted by Gasteiger charge is 2.36. The zero-order valence-electron chi connectivity index (χ0n) is 18.0. The predicted octanol–water partition coefficient (Wildman–Crippen LogP) is 2.14. The summed E-state index contributed by atoms with van der Waals surface area (Å²) in [6, 6.07) is 2.09. The average molecular weight is 464 g/mol. The zero-order valence-corrected chi connectivity index (χ0v) is 18.8. The number of nitrogens with one attached hydrogen (secondary N) is 4. The van der Waals surface area contributed by atoms with E-state index in [4.69, 9.17) is 16.3 Å². The lowest BCUT2D eigenvalue weighted by atomic mass is 9.81. The van der Waals surface area contributed by atoms with Crippen molar-refractivity contribution in [3.05, 3.63) is 35.5 Å². The number of alkyl carbamates (subject to hydrolysis) is 1. The van der Waals surface area contributed by atoms with Gasteiger partial charge in [0.15, 0.2) is 0 Å². The smallest absolute Gasteiger partial charge is 0.407 e. The Labute approximate surface area is 190 Å². The lowest BCUT2D eigenvalue weighted by Gasteiger charge is -2.36. The van der Waals surface area contributed by atoms with E-state index in [2.05, 4.69) is 36.1 Å². The van der Waals surface area contributed by atoms with Crippen LogP contribution in [0.1, 0.15) is 51.8 Å². The third-order valence-electron chi connectivity index (χ3n) is 4.86. The predicted molar refractivity (Wildman–Crippen MR) is 116 cm³/mol. The summed E-state index contributed by atoms with van der Waals surface area (Å²) in [6.45, 7) is 5.29. The van der Waals surface area contributed by atoms with E-state index in [-0.39, 0.29) is 11.7 Å². The Kier molecular flexibility index (Phi) is 7.29. The van der Waals surface area contributed by atoms with Crippen LogP contribution in [0.3, 0.4) is 0 Å². The summed E-state index contributed by atoms with van der Waals surface area (Å²) >= 11 is 5.78. The molecule has 1 aliphatic carbocycles. The van der Waals surface area contributed by atoms with Gasteiger partial charge >= 0.3 is 17.9 Å². The molecule has 0 saturated heterocycles. The molecule has 12 heteroatoms. The van der Waals surface area contributed by atoms with Crippen molar-refractivity contribution < 1.29 is 19.1 Å². The molecule has 0 unspecified atom stereocenters. The average Bonchev–Trinajstić information content (AvgIpc) is 3.24. The van der Waals surface area contributed by atoms with Gasteiger partial charge in [-0.15, -0.1) is 0 Å². The summed E-state index contributed by atoms with van der Waals surface area (Å²) in [4.78, 5) is 45.3. The van der Waals surface area contributed by atoms with Gasteiger partial charge in [0.1, 0.15) is 23.6 Å². The molecule has 4 N–H and O–H groups in total. The quantitative estimate of drug-likeness (QED) is 0.507. The number of carbonyl (C=O) groups is 3. The van der Waals surface area contributed by atoms with Gasteiger partial charge in [-0.3, -0.25) is 14.7 Å². The van der Waals surface area contributed by atoms with E-state index in [0.29, 0.717) is 30.1 Å². The normalized spacial score (nSPS) is 20.8. The minimum atomic E-state index is -0.867. The number of aromatic amines is 1. The molecule has 3 atom stereocenters. The number of carbonyl (C=O) groups excluding carboxylic acids is 3. The first-order valence-corrected chi connectivity index (χ1v) is 10.6. The van der Waals surface area contributed by atoms with Gasteiger partial charge in [-0.25, -0.2) is 14.8 Å². The molecule has 0 aromatic carbocycles. The van der Waals surface area contributed by atoms with E-state index in [1.54, 1.807) is 26.8 Å². The second-order valence-corrected chi connectivity index (χ2v) is 8.97.